The van der Waals surface area contributed by atoms with Crippen LogP contribution >= 0.6 is 0 Å². The molecule has 140 valence electrons. The molecule has 26 heavy (non-hydrogen) atoms. The Hall–Kier alpha value is -2.37. The minimum atomic E-state index is -0.965. The van der Waals surface area contributed by atoms with E-state index in [1.54, 1.807) is 0 Å². The fourth-order valence-corrected chi connectivity index (χ4v) is 4.47. The smallest absolute Gasteiger partial charge is 0.303 e. The van der Waals surface area contributed by atoms with Crippen LogP contribution in [0.1, 0.15) is 38.2 Å². The first-order valence-electron chi connectivity index (χ1n) is 9.27. The lowest BCUT2D eigenvalue weighted by Crippen LogP contribution is -2.34. The molecule has 1 aliphatic carbocycles. The first-order valence-corrected chi connectivity index (χ1v) is 9.27. The van der Waals surface area contributed by atoms with Crippen molar-refractivity contribution in [2.24, 2.45) is 17.8 Å². The molecule has 0 bridgehead atoms. The Balaban J connectivity index is 1.59. The molecule has 1 aromatic carbocycles. The zero-order valence-corrected chi connectivity index (χ0v) is 15.1. The van der Waals surface area contributed by atoms with Crippen LogP contribution in [0.4, 0.5) is 0 Å². The summed E-state index contributed by atoms with van der Waals surface area (Å²) in [6.07, 6.45) is 1.35. The van der Waals surface area contributed by atoms with Crippen molar-refractivity contribution in [3.63, 3.8) is 0 Å². The third-order valence-corrected chi connectivity index (χ3v) is 5.82. The van der Waals surface area contributed by atoms with E-state index in [9.17, 15) is 14.4 Å². The van der Waals surface area contributed by atoms with E-state index < -0.39 is 5.97 Å². The molecule has 4 atom stereocenters. The Morgan fingerprint density at radius 2 is 1.96 bits per heavy atom. The highest BCUT2D eigenvalue weighted by Gasteiger charge is 2.50. The third-order valence-electron chi connectivity index (χ3n) is 5.82. The fourth-order valence-electron chi connectivity index (χ4n) is 4.47. The van der Waals surface area contributed by atoms with Gasteiger partial charge < -0.3 is 15.3 Å². The largest absolute Gasteiger partial charge is 0.481 e. The number of carbonyl (C=O) groups excluding carboxylic acids is 2. The number of carboxylic acids is 1. The Morgan fingerprint density at radius 1 is 1.23 bits per heavy atom. The van der Waals surface area contributed by atoms with Crippen LogP contribution < -0.4 is 5.32 Å². The lowest BCUT2D eigenvalue weighted by atomic mass is 9.88. The Morgan fingerprint density at radius 3 is 2.65 bits per heavy atom. The number of benzene rings is 1. The first-order chi connectivity index (χ1) is 12.5. The van der Waals surface area contributed by atoms with Gasteiger partial charge in [-0.2, -0.15) is 0 Å². The van der Waals surface area contributed by atoms with Crippen molar-refractivity contribution >= 4 is 17.8 Å². The molecular formula is C20H26N2O4. The highest BCUT2D eigenvalue weighted by molar-refractivity contribution is 5.81. The predicted molar refractivity (Wildman–Crippen MR) is 96.0 cm³/mol. The Bertz CT molecular complexity index is 676. The van der Waals surface area contributed by atoms with Gasteiger partial charge in [-0.25, -0.2) is 0 Å². The van der Waals surface area contributed by atoms with E-state index in [4.69, 9.17) is 5.11 Å². The number of amides is 2. The SMILES string of the molecule is C[C@H]1C[C@@H]2[C@@H](CC(=O)N2Cc2ccccc2)[C@@H]1CNC(=O)CCC(=O)O. The molecule has 1 heterocycles. The van der Waals surface area contributed by atoms with Crippen molar-refractivity contribution in [3.8, 4) is 0 Å². The molecule has 6 nitrogen and oxygen atoms in total. The van der Waals surface area contributed by atoms with Gasteiger partial charge in [0.05, 0.1) is 6.42 Å². The van der Waals surface area contributed by atoms with Crippen molar-refractivity contribution in [1.82, 2.24) is 10.2 Å². The molecule has 0 spiro atoms. The van der Waals surface area contributed by atoms with Gasteiger partial charge in [0.2, 0.25) is 11.8 Å². The van der Waals surface area contributed by atoms with E-state index in [-0.39, 0.29) is 42.5 Å². The van der Waals surface area contributed by atoms with E-state index >= 15 is 0 Å². The number of aliphatic carboxylic acids is 1. The number of likely N-dealkylation sites (tertiary alicyclic amines) is 1. The van der Waals surface area contributed by atoms with Gasteiger partial charge in [-0.3, -0.25) is 14.4 Å². The predicted octanol–water partition coefficient (Wildman–Crippen LogP) is 2.04. The zero-order valence-electron chi connectivity index (χ0n) is 15.1. The van der Waals surface area contributed by atoms with Crippen LogP contribution in [0.3, 0.4) is 0 Å². The summed E-state index contributed by atoms with van der Waals surface area (Å²) in [4.78, 5) is 36.9. The lowest BCUT2D eigenvalue weighted by Gasteiger charge is -2.24. The molecule has 1 aromatic rings. The van der Waals surface area contributed by atoms with Crippen LogP contribution in [-0.4, -0.2) is 40.4 Å². The van der Waals surface area contributed by atoms with Crippen molar-refractivity contribution in [1.29, 1.82) is 0 Å². The van der Waals surface area contributed by atoms with Crippen molar-refractivity contribution in [2.45, 2.75) is 45.2 Å². The molecule has 2 fully saturated rings. The maximum atomic E-state index is 12.5. The number of hydrogen-bond acceptors (Lipinski definition) is 3. The topological polar surface area (TPSA) is 86.7 Å². The van der Waals surface area contributed by atoms with Crippen LogP contribution in [-0.2, 0) is 20.9 Å². The van der Waals surface area contributed by atoms with Gasteiger partial charge in [0.25, 0.3) is 0 Å². The van der Waals surface area contributed by atoms with E-state index in [0.29, 0.717) is 25.4 Å². The molecule has 2 amide bonds. The van der Waals surface area contributed by atoms with Crippen LogP contribution in [0, 0.1) is 17.8 Å². The molecular weight excluding hydrogens is 332 g/mol. The second-order valence-corrected chi connectivity index (χ2v) is 7.52. The fraction of sp³-hybridized carbons (Fsp3) is 0.550. The Labute approximate surface area is 153 Å². The first kappa shape index (κ1) is 18.4. The van der Waals surface area contributed by atoms with Gasteiger partial charge in [-0.1, -0.05) is 37.3 Å². The summed E-state index contributed by atoms with van der Waals surface area (Å²) < 4.78 is 0. The average Bonchev–Trinajstić information content (AvgIpc) is 3.07. The summed E-state index contributed by atoms with van der Waals surface area (Å²) in [7, 11) is 0. The van der Waals surface area contributed by atoms with Gasteiger partial charge >= 0.3 is 5.97 Å². The molecule has 6 heteroatoms. The molecule has 0 unspecified atom stereocenters. The van der Waals surface area contributed by atoms with E-state index in [1.807, 2.05) is 35.2 Å². The number of hydrogen-bond donors (Lipinski definition) is 2. The normalized spacial score (nSPS) is 27.4. The summed E-state index contributed by atoms with van der Waals surface area (Å²) in [5.74, 6) is -0.0468. The van der Waals surface area contributed by atoms with Gasteiger partial charge in [-0.05, 0) is 29.7 Å². The van der Waals surface area contributed by atoms with Crippen molar-refractivity contribution in [2.75, 3.05) is 6.54 Å². The summed E-state index contributed by atoms with van der Waals surface area (Å²) in [6, 6.07) is 10.3. The third kappa shape index (κ3) is 4.06. The molecule has 1 saturated carbocycles. The van der Waals surface area contributed by atoms with E-state index in [0.717, 1.165) is 12.0 Å². The summed E-state index contributed by atoms with van der Waals surface area (Å²) in [5.41, 5.74) is 1.14. The van der Waals surface area contributed by atoms with Gasteiger partial charge in [0.1, 0.15) is 0 Å². The lowest BCUT2D eigenvalue weighted by molar-refractivity contribution is -0.138. The van der Waals surface area contributed by atoms with Crippen LogP contribution in [0.5, 0.6) is 0 Å². The molecule has 1 aliphatic heterocycles. The van der Waals surface area contributed by atoms with Crippen LogP contribution in [0.2, 0.25) is 0 Å². The molecule has 3 rings (SSSR count). The molecule has 2 aliphatic rings. The van der Waals surface area contributed by atoms with Crippen LogP contribution in [0.25, 0.3) is 0 Å². The van der Waals surface area contributed by atoms with E-state index in [1.165, 1.54) is 0 Å². The van der Waals surface area contributed by atoms with Gasteiger partial charge in [0, 0.05) is 32.0 Å². The number of carbonyl (C=O) groups is 3. The second-order valence-electron chi connectivity index (χ2n) is 7.52. The summed E-state index contributed by atoms with van der Waals surface area (Å²) >= 11 is 0. The molecule has 1 saturated heterocycles. The maximum Gasteiger partial charge on any atom is 0.303 e. The minimum Gasteiger partial charge on any atom is -0.481 e. The summed E-state index contributed by atoms with van der Waals surface area (Å²) in [5, 5.41) is 11.5. The number of fused-ring (bicyclic) bond motifs is 1. The minimum absolute atomic E-state index is 0.00356. The number of carboxylic acid groups (broad SMARTS) is 1. The average molecular weight is 358 g/mol. The number of nitrogens with zero attached hydrogens (tertiary/aromatic N) is 1. The standard InChI is InChI=1S/C20H26N2O4/c1-13-9-17-15(16(13)11-21-18(23)7-8-20(25)26)10-19(24)22(17)12-14-5-3-2-4-6-14/h2-6,13,15-17H,7-12H2,1H3,(H,21,23)(H,25,26)/t13-,15-,16+,17+/m0/s1. The van der Waals surface area contributed by atoms with Gasteiger partial charge in [0.15, 0.2) is 0 Å². The zero-order chi connectivity index (χ0) is 18.7. The maximum absolute atomic E-state index is 12.5. The van der Waals surface area contributed by atoms with Crippen LogP contribution in [0.15, 0.2) is 30.3 Å². The number of nitrogens with one attached hydrogen (secondary N) is 1. The highest BCUT2D eigenvalue weighted by atomic mass is 16.4. The summed E-state index contributed by atoms with van der Waals surface area (Å²) in [6.45, 7) is 3.34. The molecule has 2 N–H and O–H groups in total. The van der Waals surface area contributed by atoms with Crippen molar-refractivity contribution in [3.05, 3.63) is 35.9 Å². The molecule has 0 aromatic heterocycles. The van der Waals surface area contributed by atoms with Gasteiger partial charge in [-0.15, -0.1) is 0 Å². The van der Waals surface area contributed by atoms with Crippen molar-refractivity contribution < 1.29 is 19.5 Å². The Kier molecular flexibility index (Phi) is 5.59. The highest BCUT2D eigenvalue weighted by Crippen LogP contribution is 2.46. The quantitative estimate of drug-likeness (QED) is 0.781. The number of rotatable bonds is 7. The molecule has 0 radical (unpaired) electrons. The second kappa shape index (κ2) is 7.89. The monoisotopic (exact) mass is 358 g/mol. The van der Waals surface area contributed by atoms with E-state index in [2.05, 4.69) is 12.2 Å².